The van der Waals surface area contributed by atoms with Crippen LogP contribution in [0.4, 0.5) is 0 Å². The average Bonchev–Trinajstić information content (AvgIpc) is 1.95. The first-order valence-electron chi connectivity index (χ1n) is 4.09. The molecule has 0 aliphatic heterocycles. The standard InChI is InChI=1S/C8H20N.B.H/c1-5-9(6-2,7-3)8-4;;/h5-8H2,1-4H3;;/q+1;;-1. The Morgan fingerprint density at radius 1 is 0.800 bits per heavy atom. The summed E-state index contributed by atoms with van der Waals surface area (Å²) < 4.78 is 1.28. The van der Waals surface area contributed by atoms with E-state index in [2.05, 4.69) is 27.7 Å². The Balaban J connectivity index is -0.000000320. The highest BCUT2D eigenvalue weighted by atomic mass is 15.3. The zero-order valence-electron chi connectivity index (χ0n) is 8.85. The molecule has 0 saturated carbocycles. The summed E-state index contributed by atoms with van der Waals surface area (Å²) >= 11 is 0. The van der Waals surface area contributed by atoms with Crippen molar-refractivity contribution in [1.82, 2.24) is 0 Å². The van der Waals surface area contributed by atoms with E-state index >= 15 is 0 Å². The quantitative estimate of drug-likeness (QED) is 0.413. The maximum Gasteiger partial charge on any atom is 0.0757 e. The lowest BCUT2D eigenvalue weighted by Crippen LogP contribution is -2.47. The molecule has 0 bridgehead atoms. The molecule has 0 heterocycles. The van der Waals surface area contributed by atoms with Gasteiger partial charge in [-0.15, -0.1) is 0 Å². The van der Waals surface area contributed by atoms with Crippen molar-refractivity contribution in [3.05, 3.63) is 0 Å². The Hall–Kier alpha value is 0.0249. The third-order valence-corrected chi connectivity index (χ3v) is 2.68. The molecule has 3 radical (unpaired) electrons. The largest absolute Gasteiger partial charge is 1.00 e. The molecule has 10 heavy (non-hydrogen) atoms. The van der Waals surface area contributed by atoms with Crippen LogP contribution < -0.4 is 0 Å². The molecule has 0 N–H and O–H groups in total. The Morgan fingerprint density at radius 3 is 1.00 bits per heavy atom. The Kier molecular flexibility index (Phi) is 7.33. The van der Waals surface area contributed by atoms with Gasteiger partial charge in [-0.3, -0.25) is 0 Å². The summed E-state index contributed by atoms with van der Waals surface area (Å²) in [6.07, 6.45) is 0. The van der Waals surface area contributed by atoms with Crippen molar-refractivity contribution >= 4 is 8.41 Å². The van der Waals surface area contributed by atoms with Gasteiger partial charge in [-0.25, -0.2) is 0 Å². The third-order valence-electron chi connectivity index (χ3n) is 2.68. The molecule has 0 spiro atoms. The van der Waals surface area contributed by atoms with Crippen molar-refractivity contribution in [1.29, 1.82) is 0 Å². The molecule has 61 valence electrons. The molecule has 0 saturated heterocycles. The first-order valence-corrected chi connectivity index (χ1v) is 4.09. The Bertz CT molecular complexity index is 57.0. The lowest BCUT2D eigenvalue weighted by Gasteiger charge is -2.34. The summed E-state index contributed by atoms with van der Waals surface area (Å²) in [6, 6.07) is 0. The van der Waals surface area contributed by atoms with Crippen LogP contribution in [0.15, 0.2) is 0 Å². The SMILES string of the molecule is CC[N+](CC)(CC)CC.[B].[H-]. The van der Waals surface area contributed by atoms with Crippen LogP contribution in [0.2, 0.25) is 0 Å². The predicted molar refractivity (Wildman–Crippen MR) is 49.3 cm³/mol. The molecule has 0 aromatic heterocycles. The molecular weight excluding hydrogens is 121 g/mol. The summed E-state index contributed by atoms with van der Waals surface area (Å²) in [7, 11) is 0. The first-order chi connectivity index (χ1) is 4.24. The highest BCUT2D eigenvalue weighted by Crippen LogP contribution is 2.03. The van der Waals surface area contributed by atoms with E-state index in [4.69, 9.17) is 0 Å². The molecule has 0 amide bonds. The maximum absolute atomic E-state index is 2.27. The normalized spacial score (nSPS) is 10.8. The van der Waals surface area contributed by atoms with Crippen molar-refractivity contribution in [3.8, 4) is 0 Å². The van der Waals surface area contributed by atoms with Gasteiger partial charge in [-0.05, 0) is 27.7 Å². The van der Waals surface area contributed by atoms with Crippen molar-refractivity contribution in [2.24, 2.45) is 0 Å². The van der Waals surface area contributed by atoms with Gasteiger partial charge in [0.05, 0.1) is 26.2 Å². The third kappa shape index (κ3) is 2.74. The van der Waals surface area contributed by atoms with E-state index in [9.17, 15) is 0 Å². The van der Waals surface area contributed by atoms with Gasteiger partial charge in [0.2, 0.25) is 0 Å². The van der Waals surface area contributed by atoms with E-state index in [1.165, 1.54) is 30.7 Å². The minimum atomic E-state index is 0. The summed E-state index contributed by atoms with van der Waals surface area (Å²) in [5.41, 5.74) is 0. The first kappa shape index (κ1) is 12.7. The number of hydrogen-bond donors (Lipinski definition) is 0. The van der Waals surface area contributed by atoms with E-state index < -0.39 is 0 Å². The van der Waals surface area contributed by atoms with Crippen LogP contribution in [0, 0.1) is 0 Å². The number of quaternary nitrogens is 1. The van der Waals surface area contributed by atoms with E-state index in [-0.39, 0.29) is 9.84 Å². The lowest BCUT2D eigenvalue weighted by molar-refractivity contribution is -0.921. The van der Waals surface area contributed by atoms with Crippen molar-refractivity contribution in [2.45, 2.75) is 27.7 Å². The summed E-state index contributed by atoms with van der Waals surface area (Å²) in [5, 5.41) is 0. The van der Waals surface area contributed by atoms with Crippen LogP contribution in [-0.4, -0.2) is 39.1 Å². The molecule has 0 aliphatic rings. The molecule has 0 aromatic rings. The van der Waals surface area contributed by atoms with Gasteiger partial charge in [-0.1, -0.05) is 0 Å². The van der Waals surface area contributed by atoms with E-state index in [0.717, 1.165) is 0 Å². The highest BCUT2D eigenvalue weighted by molar-refractivity contribution is 5.75. The minimum Gasteiger partial charge on any atom is -1.00 e. The second-order valence-corrected chi connectivity index (χ2v) is 2.61. The predicted octanol–water partition coefficient (Wildman–Crippen LogP) is 1.61. The van der Waals surface area contributed by atoms with E-state index in [1.54, 1.807) is 0 Å². The number of hydrogen-bond acceptors (Lipinski definition) is 0. The van der Waals surface area contributed by atoms with Crippen molar-refractivity contribution in [3.63, 3.8) is 0 Å². The van der Waals surface area contributed by atoms with Gasteiger partial charge in [0.25, 0.3) is 0 Å². The smallest absolute Gasteiger partial charge is 0.0757 e. The molecular formula is C8H21BN. The zero-order chi connectivity index (χ0) is 7.33. The van der Waals surface area contributed by atoms with Crippen molar-refractivity contribution in [2.75, 3.05) is 26.2 Å². The zero-order valence-corrected chi connectivity index (χ0v) is 7.85. The Labute approximate surface area is 69.1 Å². The maximum atomic E-state index is 2.27. The van der Waals surface area contributed by atoms with Gasteiger partial charge in [0, 0.05) is 8.41 Å². The second-order valence-electron chi connectivity index (χ2n) is 2.61. The molecule has 0 fully saturated rings. The molecule has 1 nitrogen and oxygen atoms in total. The van der Waals surface area contributed by atoms with Gasteiger partial charge in [0.15, 0.2) is 0 Å². The van der Waals surface area contributed by atoms with Crippen LogP contribution >= 0.6 is 0 Å². The fourth-order valence-electron chi connectivity index (χ4n) is 1.34. The van der Waals surface area contributed by atoms with Crippen LogP contribution in [0.1, 0.15) is 29.1 Å². The summed E-state index contributed by atoms with van der Waals surface area (Å²) in [6.45, 7) is 14.2. The molecule has 0 aliphatic carbocycles. The Morgan fingerprint density at radius 2 is 1.00 bits per heavy atom. The van der Waals surface area contributed by atoms with Crippen molar-refractivity contribution < 1.29 is 5.91 Å². The lowest BCUT2D eigenvalue weighted by atomic mass is 10.3. The van der Waals surface area contributed by atoms with Crippen LogP contribution in [-0.2, 0) is 0 Å². The molecule has 0 unspecified atom stereocenters. The highest BCUT2D eigenvalue weighted by Gasteiger charge is 2.16. The molecule has 0 atom stereocenters. The molecule has 0 rings (SSSR count). The average molecular weight is 142 g/mol. The summed E-state index contributed by atoms with van der Waals surface area (Å²) in [5.74, 6) is 0. The van der Waals surface area contributed by atoms with Gasteiger partial charge < -0.3 is 5.91 Å². The van der Waals surface area contributed by atoms with Crippen LogP contribution in [0.25, 0.3) is 0 Å². The van der Waals surface area contributed by atoms with E-state index in [1.807, 2.05) is 0 Å². The molecule has 2 heteroatoms. The summed E-state index contributed by atoms with van der Waals surface area (Å²) in [4.78, 5) is 0. The topological polar surface area (TPSA) is 0 Å². The fraction of sp³-hybridized carbons (Fsp3) is 1.00. The van der Waals surface area contributed by atoms with E-state index in [0.29, 0.717) is 0 Å². The minimum absolute atomic E-state index is 0. The van der Waals surface area contributed by atoms with Crippen LogP contribution in [0.5, 0.6) is 0 Å². The number of nitrogens with zero attached hydrogens (tertiary/aromatic N) is 1. The van der Waals surface area contributed by atoms with Gasteiger partial charge in [0.1, 0.15) is 0 Å². The second kappa shape index (κ2) is 5.78. The number of rotatable bonds is 4. The molecule has 0 aromatic carbocycles. The van der Waals surface area contributed by atoms with Gasteiger partial charge >= 0.3 is 0 Å². The van der Waals surface area contributed by atoms with Crippen LogP contribution in [0.3, 0.4) is 0 Å². The van der Waals surface area contributed by atoms with Gasteiger partial charge in [-0.2, -0.15) is 0 Å². The monoisotopic (exact) mass is 142 g/mol. The fourth-order valence-corrected chi connectivity index (χ4v) is 1.34.